The lowest BCUT2D eigenvalue weighted by Gasteiger charge is -2.05. The highest BCUT2D eigenvalue weighted by atomic mass is 32.2. The summed E-state index contributed by atoms with van der Waals surface area (Å²) in [5.74, 6) is 0.158. The standard InChI is InChI=1S/C20H24O3S/c1-17-10-12-20(13-11-17)24(22)16-19(21)9-5-6-14-23-15-18-7-3-2-4-8-18/h2-4,7-8,10-13H,5-6,9,14-16H2,1H3. The lowest BCUT2D eigenvalue weighted by atomic mass is 10.2. The third kappa shape index (κ3) is 6.77. The van der Waals surface area contributed by atoms with Gasteiger partial charge in [-0.05, 0) is 37.5 Å². The first kappa shape index (κ1) is 18.6. The molecule has 0 N–H and O–H groups in total. The van der Waals surface area contributed by atoms with E-state index in [4.69, 9.17) is 4.74 Å². The van der Waals surface area contributed by atoms with E-state index in [1.807, 2.05) is 61.5 Å². The average Bonchev–Trinajstić information content (AvgIpc) is 2.59. The number of ketones is 1. The van der Waals surface area contributed by atoms with Crippen LogP contribution < -0.4 is 0 Å². The topological polar surface area (TPSA) is 43.4 Å². The Bertz CT molecular complexity index is 650. The summed E-state index contributed by atoms with van der Waals surface area (Å²) >= 11 is 0. The fourth-order valence-electron chi connectivity index (χ4n) is 2.28. The second-order valence-electron chi connectivity index (χ2n) is 5.84. The maximum atomic E-state index is 12.1. The van der Waals surface area contributed by atoms with Gasteiger partial charge in [-0.1, -0.05) is 48.0 Å². The Balaban J connectivity index is 1.58. The number of ether oxygens (including phenoxy) is 1. The van der Waals surface area contributed by atoms with Crippen LogP contribution in [0.15, 0.2) is 59.5 Å². The number of hydrogen-bond acceptors (Lipinski definition) is 3. The van der Waals surface area contributed by atoms with Crippen LogP contribution in [0.1, 0.15) is 30.4 Å². The minimum atomic E-state index is -1.24. The molecule has 0 heterocycles. The summed E-state index contributed by atoms with van der Waals surface area (Å²) in [7, 11) is -1.24. The van der Waals surface area contributed by atoms with Crippen molar-refractivity contribution in [3.63, 3.8) is 0 Å². The van der Waals surface area contributed by atoms with Crippen molar-refractivity contribution in [2.24, 2.45) is 0 Å². The molecule has 1 unspecified atom stereocenters. The highest BCUT2D eigenvalue weighted by Crippen LogP contribution is 2.10. The molecule has 0 fully saturated rings. The number of benzene rings is 2. The van der Waals surface area contributed by atoms with Crippen LogP contribution in [0, 0.1) is 6.92 Å². The lowest BCUT2D eigenvalue weighted by Crippen LogP contribution is -2.11. The van der Waals surface area contributed by atoms with E-state index in [1.54, 1.807) is 0 Å². The monoisotopic (exact) mass is 344 g/mol. The van der Waals surface area contributed by atoms with E-state index in [0.717, 1.165) is 28.9 Å². The SMILES string of the molecule is Cc1ccc(S(=O)CC(=O)CCCCOCc2ccccc2)cc1. The van der Waals surface area contributed by atoms with Crippen LogP contribution in [0.5, 0.6) is 0 Å². The zero-order valence-corrected chi connectivity index (χ0v) is 14.9. The second-order valence-corrected chi connectivity index (χ2v) is 7.29. The van der Waals surface area contributed by atoms with Crippen LogP contribution in [0.4, 0.5) is 0 Å². The Morgan fingerprint density at radius 2 is 1.71 bits per heavy atom. The van der Waals surface area contributed by atoms with Crippen molar-refractivity contribution in [1.29, 1.82) is 0 Å². The summed E-state index contributed by atoms with van der Waals surface area (Å²) in [6.07, 6.45) is 2.08. The van der Waals surface area contributed by atoms with Crippen molar-refractivity contribution in [2.75, 3.05) is 12.4 Å². The molecule has 1 atom stereocenters. The van der Waals surface area contributed by atoms with Gasteiger partial charge in [-0.25, -0.2) is 0 Å². The Kier molecular flexibility index (Phi) is 7.86. The molecule has 24 heavy (non-hydrogen) atoms. The van der Waals surface area contributed by atoms with Crippen LogP contribution in [0.3, 0.4) is 0 Å². The Hall–Kier alpha value is -1.78. The predicted octanol–water partition coefficient (Wildman–Crippen LogP) is 4.06. The quantitative estimate of drug-likeness (QED) is 0.611. The molecule has 128 valence electrons. The molecule has 0 aliphatic heterocycles. The maximum absolute atomic E-state index is 12.1. The first-order valence-corrected chi connectivity index (χ1v) is 9.55. The van der Waals surface area contributed by atoms with E-state index in [0.29, 0.717) is 19.6 Å². The first-order valence-electron chi connectivity index (χ1n) is 8.23. The Morgan fingerprint density at radius 3 is 2.42 bits per heavy atom. The number of aryl methyl sites for hydroxylation is 1. The van der Waals surface area contributed by atoms with Crippen molar-refractivity contribution >= 4 is 16.6 Å². The van der Waals surface area contributed by atoms with Crippen molar-refractivity contribution in [3.8, 4) is 0 Å². The molecule has 0 bridgehead atoms. The van der Waals surface area contributed by atoms with Gasteiger partial charge in [-0.3, -0.25) is 9.00 Å². The van der Waals surface area contributed by atoms with Gasteiger partial charge in [-0.15, -0.1) is 0 Å². The molecule has 0 aliphatic carbocycles. The molecule has 0 aliphatic rings. The molecule has 0 saturated carbocycles. The smallest absolute Gasteiger partial charge is 0.145 e. The highest BCUT2D eigenvalue weighted by Gasteiger charge is 2.10. The van der Waals surface area contributed by atoms with Gasteiger partial charge in [0.1, 0.15) is 5.78 Å². The van der Waals surface area contributed by atoms with E-state index in [-0.39, 0.29) is 11.5 Å². The van der Waals surface area contributed by atoms with Crippen LogP contribution in [0.2, 0.25) is 0 Å². The normalized spacial score (nSPS) is 12.0. The number of rotatable bonds is 10. The van der Waals surface area contributed by atoms with E-state index >= 15 is 0 Å². The number of hydrogen-bond donors (Lipinski definition) is 0. The van der Waals surface area contributed by atoms with Crippen LogP contribution in [-0.2, 0) is 26.9 Å². The molecule has 3 nitrogen and oxygen atoms in total. The molecular formula is C20H24O3S. The van der Waals surface area contributed by atoms with Gasteiger partial charge >= 0.3 is 0 Å². The molecule has 4 heteroatoms. The molecular weight excluding hydrogens is 320 g/mol. The highest BCUT2D eigenvalue weighted by molar-refractivity contribution is 7.85. The molecule has 0 saturated heterocycles. The molecule has 0 amide bonds. The summed E-state index contributed by atoms with van der Waals surface area (Å²) in [5, 5.41) is 0. The third-order valence-corrected chi connectivity index (χ3v) is 5.06. The van der Waals surface area contributed by atoms with E-state index in [1.165, 1.54) is 0 Å². The van der Waals surface area contributed by atoms with Crippen LogP contribution in [0.25, 0.3) is 0 Å². The molecule has 0 spiro atoms. The molecule has 2 aromatic rings. The predicted molar refractivity (Wildman–Crippen MR) is 97.4 cm³/mol. The van der Waals surface area contributed by atoms with Gasteiger partial charge in [-0.2, -0.15) is 0 Å². The van der Waals surface area contributed by atoms with Gasteiger partial charge in [0, 0.05) is 17.9 Å². The van der Waals surface area contributed by atoms with Gasteiger partial charge < -0.3 is 4.74 Å². The summed E-state index contributed by atoms with van der Waals surface area (Å²) in [4.78, 5) is 12.6. The van der Waals surface area contributed by atoms with Crippen LogP contribution >= 0.6 is 0 Å². The van der Waals surface area contributed by atoms with E-state index in [2.05, 4.69) is 0 Å². The van der Waals surface area contributed by atoms with Crippen molar-refractivity contribution in [1.82, 2.24) is 0 Å². The van der Waals surface area contributed by atoms with E-state index in [9.17, 15) is 9.00 Å². The fourth-order valence-corrected chi connectivity index (χ4v) is 3.33. The third-order valence-electron chi connectivity index (χ3n) is 3.68. The first-order chi connectivity index (χ1) is 11.6. The maximum Gasteiger partial charge on any atom is 0.145 e. The van der Waals surface area contributed by atoms with Crippen molar-refractivity contribution < 1.29 is 13.7 Å². The fraction of sp³-hybridized carbons (Fsp3) is 0.350. The summed E-state index contributed by atoms with van der Waals surface area (Å²) in [6.45, 7) is 3.23. The molecule has 0 aromatic heterocycles. The minimum Gasteiger partial charge on any atom is -0.377 e. The lowest BCUT2D eigenvalue weighted by molar-refractivity contribution is -0.116. The average molecular weight is 344 g/mol. The van der Waals surface area contributed by atoms with Crippen LogP contribution in [-0.4, -0.2) is 22.4 Å². The van der Waals surface area contributed by atoms with Gasteiger partial charge in [0.2, 0.25) is 0 Å². The molecule has 0 radical (unpaired) electrons. The summed E-state index contributed by atoms with van der Waals surface area (Å²) in [6, 6.07) is 17.5. The largest absolute Gasteiger partial charge is 0.377 e. The summed E-state index contributed by atoms with van der Waals surface area (Å²) in [5.41, 5.74) is 2.28. The summed E-state index contributed by atoms with van der Waals surface area (Å²) < 4.78 is 17.7. The second kappa shape index (κ2) is 10.2. The number of carbonyl (C=O) groups excluding carboxylic acids is 1. The molecule has 2 rings (SSSR count). The zero-order chi connectivity index (χ0) is 17.2. The Labute approximate surface area is 146 Å². The van der Waals surface area contributed by atoms with Gasteiger partial charge in [0.15, 0.2) is 0 Å². The van der Waals surface area contributed by atoms with Gasteiger partial charge in [0.05, 0.1) is 23.2 Å². The zero-order valence-electron chi connectivity index (χ0n) is 14.1. The van der Waals surface area contributed by atoms with Gasteiger partial charge in [0.25, 0.3) is 0 Å². The Morgan fingerprint density at radius 1 is 1.00 bits per heavy atom. The molecule has 2 aromatic carbocycles. The number of Topliss-reactive ketones (excluding diaryl/α,β-unsaturated/α-hetero) is 1. The van der Waals surface area contributed by atoms with E-state index < -0.39 is 10.8 Å². The number of unbranched alkanes of at least 4 members (excludes halogenated alkanes) is 1. The van der Waals surface area contributed by atoms with Crippen molar-refractivity contribution in [3.05, 3.63) is 65.7 Å². The minimum absolute atomic E-state index is 0.0527. The van der Waals surface area contributed by atoms with Crippen molar-refractivity contribution in [2.45, 2.75) is 37.7 Å². The number of carbonyl (C=O) groups is 1.